The molecule has 1 saturated carbocycles. The number of hydrogen-bond donors (Lipinski definition) is 2. The molecule has 0 unspecified atom stereocenters. The lowest BCUT2D eigenvalue weighted by atomic mass is 9.84. The Morgan fingerprint density at radius 3 is 2.33 bits per heavy atom. The monoisotopic (exact) mass is 247 g/mol. The predicted molar refractivity (Wildman–Crippen MR) is 73.1 cm³/mol. The van der Waals surface area contributed by atoms with Crippen molar-refractivity contribution in [3.63, 3.8) is 0 Å². The van der Waals surface area contributed by atoms with E-state index >= 15 is 0 Å². The Morgan fingerprint density at radius 2 is 1.83 bits per heavy atom. The fourth-order valence-electron chi connectivity index (χ4n) is 2.66. The van der Waals surface area contributed by atoms with Crippen molar-refractivity contribution in [3.8, 4) is 0 Å². The van der Waals surface area contributed by atoms with E-state index in [2.05, 4.69) is 12.2 Å². The highest BCUT2D eigenvalue weighted by Crippen LogP contribution is 2.28. The number of anilines is 1. The molecule has 0 aromatic heterocycles. The first-order valence-corrected chi connectivity index (χ1v) is 6.79. The van der Waals surface area contributed by atoms with Crippen molar-refractivity contribution in [1.29, 1.82) is 0 Å². The third-order valence-electron chi connectivity index (χ3n) is 3.93. The van der Waals surface area contributed by atoms with E-state index in [0.29, 0.717) is 11.6 Å². The first-order chi connectivity index (χ1) is 8.69. The largest absolute Gasteiger partial charge is 0.478 e. The van der Waals surface area contributed by atoms with Crippen molar-refractivity contribution < 1.29 is 9.90 Å². The van der Waals surface area contributed by atoms with E-state index in [9.17, 15) is 4.79 Å². The number of hydrogen-bond acceptors (Lipinski definition) is 2. The molecular formula is C15H21NO2. The maximum Gasteiger partial charge on any atom is 0.335 e. The molecule has 0 bridgehead atoms. The van der Waals surface area contributed by atoms with E-state index in [4.69, 9.17) is 5.11 Å². The van der Waals surface area contributed by atoms with Crippen LogP contribution in [0.2, 0.25) is 0 Å². The van der Waals surface area contributed by atoms with Crippen LogP contribution in [0.15, 0.2) is 24.3 Å². The van der Waals surface area contributed by atoms with Gasteiger partial charge in [-0.25, -0.2) is 4.79 Å². The van der Waals surface area contributed by atoms with Crippen molar-refractivity contribution in [1.82, 2.24) is 0 Å². The molecule has 18 heavy (non-hydrogen) atoms. The van der Waals surface area contributed by atoms with Crippen LogP contribution in [0.25, 0.3) is 0 Å². The van der Waals surface area contributed by atoms with Crippen LogP contribution in [0.5, 0.6) is 0 Å². The molecule has 0 amide bonds. The number of aromatic carboxylic acids is 1. The smallest absolute Gasteiger partial charge is 0.335 e. The van der Waals surface area contributed by atoms with Gasteiger partial charge in [-0.2, -0.15) is 0 Å². The third-order valence-corrected chi connectivity index (χ3v) is 3.93. The summed E-state index contributed by atoms with van der Waals surface area (Å²) in [6, 6.07) is 7.57. The molecule has 0 saturated heterocycles. The molecule has 3 heteroatoms. The van der Waals surface area contributed by atoms with Gasteiger partial charge in [0, 0.05) is 11.7 Å². The number of carbonyl (C=O) groups is 1. The van der Waals surface area contributed by atoms with Gasteiger partial charge < -0.3 is 10.4 Å². The lowest BCUT2D eigenvalue weighted by Crippen LogP contribution is -2.25. The molecular weight excluding hydrogens is 226 g/mol. The topological polar surface area (TPSA) is 49.3 Å². The van der Waals surface area contributed by atoms with Crippen LogP contribution in [0.4, 0.5) is 5.69 Å². The Kier molecular flexibility index (Phi) is 4.24. The van der Waals surface area contributed by atoms with Gasteiger partial charge in [0.15, 0.2) is 0 Å². The van der Waals surface area contributed by atoms with Gasteiger partial charge in [0.05, 0.1) is 5.56 Å². The van der Waals surface area contributed by atoms with Gasteiger partial charge in [0.1, 0.15) is 0 Å². The van der Waals surface area contributed by atoms with Crippen molar-refractivity contribution in [2.75, 3.05) is 5.32 Å². The van der Waals surface area contributed by atoms with E-state index in [0.717, 1.165) is 11.6 Å². The van der Waals surface area contributed by atoms with Gasteiger partial charge in [-0.15, -0.1) is 0 Å². The zero-order valence-corrected chi connectivity index (χ0v) is 10.9. The molecule has 0 atom stereocenters. The maximum absolute atomic E-state index is 10.8. The fourth-order valence-corrected chi connectivity index (χ4v) is 2.66. The lowest BCUT2D eigenvalue weighted by molar-refractivity contribution is 0.0697. The lowest BCUT2D eigenvalue weighted by Gasteiger charge is -2.29. The highest BCUT2D eigenvalue weighted by atomic mass is 16.4. The standard InChI is InChI=1S/C15H21NO2/c1-2-11-3-7-13(8-4-11)16-14-9-5-12(6-10-14)15(17)18/h5-6,9-11,13,16H,2-4,7-8H2,1H3,(H,17,18). The summed E-state index contributed by atoms with van der Waals surface area (Å²) in [5, 5.41) is 12.3. The van der Waals surface area contributed by atoms with E-state index < -0.39 is 5.97 Å². The number of benzene rings is 1. The van der Waals surface area contributed by atoms with E-state index in [1.165, 1.54) is 32.1 Å². The van der Waals surface area contributed by atoms with E-state index in [1.807, 2.05) is 12.1 Å². The average Bonchev–Trinajstić information content (AvgIpc) is 2.40. The minimum absolute atomic E-state index is 0.343. The molecule has 0 heterocycles. The summed E-state index contributed by atoms with van der Waals surface area (Å²) in [5.74, 6) is 0.0300. The Balaban J connectivity index is 1.88. The molecule has 2 N–H and O–H groups in total. The van der Waals surface area contributed by atoms with Crippen molar-refractivity contribution in [2.45, 2.75) is 45.1 Å². The summed E-state index contributed by atoms with van der Waals surface area (Å²) in [6.45, 7) is 2.27. The van der Waals surface area contributed by atoms with Crippen LogP contribution < -0.4 is 5.32 Å². The highest BCUT2D eigenvalue weighted by Gasteiger charge is 2.19. The second-order valence-corrected chi connectivity index (χ2v) is 5.15. The first kappa shape index (κ1) is 12.9. The van der Waals surface area contributed by atoms with Gasteiger partial charge in [-0.05, 0) is 55.9 Å². The van der Waals surface area contributed by atoms with Crippen LogP contribution in [-0.4, -0.2) is 17.1 Å². The summed E-state index contributed by atoms with van der Waals surface area (Å²) < 4.78 is 0. The van der Waals surface area contributed by atoms with E-state index in [1.54, 1.807) is 12.1 Å². The van der Waals surface area contributed by atoms with Gasteiger partial charge in [0.2, 0.25) is 0 Å². The molecule has 0 spiro atoms. The first-order valence-electron chi connectivity index (χ1n) is 6.79. The molecule has 1 aliphatic carbocycles. The van der Waals surface area contributed by atoms with Crippen LogP contribution in [-0.2, 0) is 0 Å². The normalized spacial score (nSPS) is 23.6. The van der Waals surface area contributed by atoms with Gasteiger partial charge in [0.25, 0.3) is 0 Å². The molecule has 0 radical (unpaired) electrons. The highest BCUT2D eigenvalue weighted by molar-refractivity contribution is 5.87. The number of nitrogens with one attached hydrogen (secondary N) is 1. The van der Waals surface area contributed by atoms with Gasteiger partial charge in [-0.1, -0.05) is 13.3 Å². The van der Waals surface area contributed by atoms with Crippen LogP contribution in [0.3, 0.4) is 0 Å². The fraction of sp³-hybridized carbons (Fsp3) is 0.533. The molecule has 1 aromatic carbocycles. The number of rotatable bonds is 4. The third kappa shape index (κ3) is 3.25. The predicted octanol–water partition coefficient (Wildman–Crippen LogP) is 3.77. The van der Waals surface area contributed by atoms with Gasteiger partial charge in [-0.3, -0.25) is 0 Å². The minimum atomic E-state index is -0.870. The Labute approximate surface area is 108 Å². The summed E-state index contributed by atoms with van der Waals surface area (Å²) in [7, 11) is 0. The second kappa shape index (κ2) is 5.89. The Morgan fingerprint density at radius 1 is 1.22 bits per heavy atom. The van der Waals surface area contributed by atoms with Gasteiger partial charge >= 0.3 is 5.97 Å². The summed E-state index contributed by atoms with van der Waals surface area (Å²) in [6.07, 6.45) is 6.35. The summed E-state index contributed by atoms with van der Waals surface area (Å²) >= 11 is 0. The number of carboxylic acids is 1. The average molecular weight is 247 g/mol. The molecule has 98 valence electrons. The molecule has 1 aliphatic rings. The SMILES string of the molecule is CCC1CCC(Nc2ccc(C(=O)O)cc2)CC1. The summed E-state index contributed by atoms with van der Waals surface area (Å²) in [5.41, 5.74) is 1.37. The summed E-state index contributed by atoms with van der Waals surface area (Å²) in [4.78, 5) is 10.8. The van der Waals surface area contributed by atoms with Crippen molar-refractivity contribution >= 4 is 11.7 Å². The van der Waals surface area contributed by atoms with Crippen molar-refractivity contribution in [2.24, 2.45) is 5.92 Å². The quantitative estimate of drug-likeness (QED) is 0.851. The molecule has 0 aliphatic heterocycles. The maximum atomic E-state index is 10.8. The minimum Gasteiger partial charge on any atom is -0.478 e. The van der Waals surface area contributed by atoms with Crippen LogP contribution >= 0.6 is 0 Å². The van der Waals surface area contributed by atoms with Crippen molar-refractivity contribution in [3.05, 3.63) is 29.8 Å². The molecule has 1 fully saturated rings. The zero-order valence-electron chi connectivity index (χ0n) is 10.9. The molecule has 1 aromatic rings. The molecule has 2 rings (SSSR count). The van der Waals surface area contributed by atoms with Crippen LogP contribution in [0.1, 0.15) is 49.4 Å². The molecule has 3 nitrogen and oxygen atoms in total. The van der Waals surface area contributed by atoms with E-state index in [-0.39, 0.29) is 0 Å². The number of carboxylic acid groups (broad SMARTS) is 1. The van der Waals surface area contributed by atoms with Crippen LogP contribution in [0, 0.1) is 5.92 Å². The Hall–Kier alpha value is -1.51. The Bertz CT molecular complexity index is 391. The second-order valence-electron chi connectivity index (χ2n) is 5.15. The zero-order chi connectivity index (χ0) is 13.0.